The molecule has 0 radical (unpaired) electrons. The molecule has 170 valence electrons. The molecular formula is C25H34O6. The average Bonchev–Trinajstić information content (AvgIpc) is 3.26. The summed E-state index contributed by atoms with van der Waals surface area (Å²) in [5, 5.41) is 21.6. The zero-order chi connectivity index (χ0) is 29.2. The first-order chi connectivity index (χ1) is 17.7. The van der Waals surface area contributed by atoms with Crippen LogP contribution in [-0.4, -0.2) is 52.5 Å². The number of aliphatic hydroxyl groups excluding tert-OH is 2. The van der Waals surface area contributed by atoms with Crippen molar-refractivity contribution in [2.45, 2.75) is 83.2 Å². The highest BCUT2D eigenvalue weighted by atomic mass is 16.7. The molecule has 0 aromatic rings. The van der Waals surface area contributed by atoms with Gasteiger partial charge >= 0.3 is 0 Å². The largest absolute Gasteiger partial charge is 0.393 e. The summed E-state index contributed by atoms with van der Waals surface area (Å²) < 4.78 is 75.9. The van der Waals surface area contributed by atoms with Gasteiger partial charge in [0.05, 0.1) is 13.6 Å². The standard InChI is InChI=1S/C25H34O6/c1-4-5-21-30-20-11-17-16-7-6-14-10-15(27)8-9-23(14,2)22(16)18(28)12-24(17,3)25(20,31-21)19(29)13-26/h8-10,16-18,20-22,26,28H,4-7,11-13H2,1-3H3/t16-,17-,18-,20+,21?,22+,23-,24-,25+/m0/s1/i1D3,4D2,5D2,21D. The van der Waals surface area contributed by atoms with Crippen molar-refractivity contribution in [3.05, 3.63) is 23.8 Å². The summed E-state index contributed by atoms with van der Waals surface area (Å²) in [5.74, 6) is -1.82. The average molecular weight is 439 g/mol. The molecule has 4 fully saturated rings. The minimum Gasteiger partial charge on any atom is -0.393 e. The number of fused-ring (bicyclic) bond motifs is 7. The van der Waals surface area contributed by atoms with Gasteiger partial charge in [-0.2, -0.15) is 0 Å². The number of hydrogen-bond donors (Lipinski definition) is 2. The zero-order valence-corrected chi connectivity index (χ0v) is 17.7. The molecule has 1 unspecified atom stereocenters. The highest BCUT2D eigenvalue weighted by Crippen LogP contribution is 2.69. The third kappa shape index (κ3) is 2.65. The normalized spacial score (nSPS) is 57.9. The van der Waals surface area contributed by atoms with Gasteiger partial charge in [0.25, 0.3) is 0 Å². The first-order valence-electron chi connectivity index (χ1n) is 14.9. The second-order valence-corrected chi connectivity index (χ2v) is 10.0. The fourth-order valence-electron chi connectivity index (χ4n) is 7.69. The van der Waals surface area contributed by atoms with Gasteiger partial charge in [-0.05, 0) is 56.0 Å². The Kier molecular flexibility index (Phi) is 3.20. The quantitative estimate of drug-likeness (QED) is 0.701. The Morgan fingerprint density at radius 1 is 1.45 bits per heavy atom. The van der Waals surface area contributed by atoms with Crippen LogP contribution < -0.4 is 0 Å². The summed E-state index contributed by atoms with van der Waals surface area (Å²) in [7, 11) is 0. The predicted molar refractivity (Wildman–Crippen MR) is 113 cm³/mol. The van der Waals surface area contributed by atoms with E-state index < -0.39 is 66.9 Å². The van der Waals surface area contributed by atoms with E-state index in [-0.39, 0.29) is 36.4 Å². The smallest absolute Gasteiger partial charge is 0.193 e. The maximum atomic E-state index is 13.5. The summed E-state index contributed by atoms with van der Waals surface area (Å²) >= 11 is 0. The molecule has 0 bridgehead atoms. The number of ether oxygens (including phenoxy) is 2. The molecule has 6 heteroatoms. The molecule has 3 saturated carbocycles. The predicted octanol–water partition coefficient (Wildman–Crippen LogP) is 2.72. The van der Waals surface area contributed by atoms with E-state index in [1.165, 1.54) is 6.08 Å². The van der Waals surface area contributed by atoms with E-state index in [1.807, 2.05) is 13.0 Å². The molecule has 1 aliphatic heterocycles. The number of rotatable bonds is 4. The lowest BCUT2D eigenvalue weighted by Gasteiger charge is -2.59. The Balaban J connectivity index is 1.58. The van der Waals surface area contributed by atoms with Gasteiger partial charge in [-0.25, -0.2) is 0 Å². The Morgan fingerprint density at radius 2 is 2.26 bits per heavy atom. The fraction of sp³-hybridized carbons (Fsp3) is 0.760. The lowest BCUT2D eigenvalue weighted by atomic mass is 9.46. The topological polar surface area (TPSA) is 93.1 Å². The third-order valence-electron chi connectivity index (χ3n) is 8.88. The monoisotopic (exact) mass is 438 g/mol. The van der Waals surface area contributed by atoms with Crippen molar-refractivity contribution in [3.8, 4) is 0 Å². The van der Waals surface area contributed by atoms with Crippen LogP contribution in [0.1, 0.15) is 70.1 Å². The van der Waals surface area contributed by atoms with Crippen LogP contribution in [0, 0.1) is 28.6 Å². The van der Waals surface area contributed by atoms with Crippen molar-refractivity contribution in [3.63, 3.8) is 0 Å². The van der Waals surface area contributed by atoms with Gasteiger partial charge in [0.2, 0.25) is 0 Å². The molecule has 9 atom stereocenters. The maximum absolute atomic E-state index is 13.5. The molecule has 0 spiro atoms. The summed E-state index contributed by atoms with van der Waals surface area (Å²) in [6.07, 6.45) is -6.48. The van der Waals surface area contributed by atoms with Crippen LogP contribution in [0.15, 0.2) is 23.8 Å². The Hall–Kier alpha value is -1.34. The molecular weight excluding hydrogens is 396 g/mol. The number of carbonyl (C=O) groups is 2. The van der Waals surface area contributed by atoms with Gasteiger partial charge in [-0.1, -0.05) is 38.7 Å². The number of allylic oxidation sites excluding steroid dienone is 4. The van der Waals surface area contributed by atoms with Crippen molar-refractivity contribution in [2.24, 2.45) is 28.6 Å². The van der Waals surface area contributed by atoms with Crippen LogP contribution in [0.2, 0.25) is 0 Å². The lowest BCUT2D eigenvalue weighted by molar-refractivity contribution is -0.200. The second-order valence-electron chi connectivity index (χ2n) is 10.0. The van der Waals surface area contributed by atoms with E-state index in [9.17, 15) is 19.8 Å². The Bertz CT molecular complexity index is 1170. The van der Waals surface area contributed by atoms with Crippen LogP contribution >= 0.6 is 0 Å². The van der Waals surface area contributed by atoms with Gasteiger partial charge in [0.15, 0.2) is 23.4 Å². The summed E-state index contributed by atoms with van der Waals surface area (Å²) in [6.45, 7) is -0.863. The van der Waals surface area contributed by atoms with Gasteiger partial charge in [0.1, 0.15) is 6.61 Å². The van der Waals surface area contributed by atoms with E-state index in [1.54, 1.807) is 13.0 Å². The van der Waals surface area contributed by atoms with E-state index in [0.29, 0.717) is 12.8 Å². The molecule has 5 aliphatic rings. The second kappa shape index (κ2) is 7.08. The number of Topliss-reactive ketones (excluding diaryl/α,β-unsaturated/α-hetero) is 1. The number of carbonyl (C=O) groups excluding carboxylic acids is 2. The molecule has 0 amide bonds. The molecule has 2 N–H and O–H groups in total. The first-order valence-corrected chi connectivity index (χ1v) is 10.9. The van der Waals surface area contributed by atoms with Crippen LogP contribution in [0.3, 0.4) is 0 Å². The minimum absolute atomic E-state index is 0.0274. The van der Waals surface area contributed by atoms with Crippen molar-refractivity contribution in [1.82, 2.24) is 0 Å². The molecule has 1 heterocycles. The highest BCUT2D eigenvalue weighted by molar-refractivity contribution is 6.01. The van der Waals surface area contributed by atoms with Crippen LogP contribution in [0.5, 0.6) is 0 Å². The Morgan fingerprint density at radius 3 is 3.00 bits per heavy atom. The van der Waals surface area contributed by atoms with Crippen LogP contribution in [-0.2, 0) is 19.1 Å². The minimum atomic E-state index is -3.59. The lowest BCUT2D eigenvalue weighted by Crippen LogP contribution is -2.63. The molecule has 1 saturated heterocycles. The summed E-state index contributed by atoms with van der Waals surface area (Å²) in [5.41, 5.74) is -3.04. The molecule has 4 aliphatic carbocycles. The third-order valence-corrected chi connectivity index (χ3v) is 8.88. The maximum Gasteiger partial charge on any atom is 0.193 e. The molecule has 31 heavy (non-hydrogen) atoms. The molecule has 6 nitrogen and oxygen atoms in total. The van der Waals surface area contributed by atoms with Crippen molar-refractivity contribution >= 4 is 11.6 Å². The zero-order valence-electron chi connectivity index (χ0n) is 25.7. The number of ketones is 2. The van der Waals surface area contributed by atoms with E-state index in [4.69, 9.17) is 20.4 Å². The SMILES string of the molecule is [2H]C([2H])([2H])C([2H])([2H])C([2H])([2H])C1([2H])O[C@@H]2C[C@H]3[C@@H]4CCC5=CC(=O)C=C[C@]5(C)[C@H]4[C@@H](O)C[C@]3(C)[C@]2(C(=O)CO)O1. The van der Waals surface area contributed by atoms with Gasteiger partial charge < -0.3 is 19.7 Å². The molecule has 5 rings (SSSR count). The highest BCUT2D eigenvalue weighted by Gasteiger charge is 2.75. The van der Waals surface area contributed by atoms with Crippen molar-refractivity contribution in [1.29, 1.82) is 0 Å². The molecule has 0 aromatic heterocycles. The summed E-state index contributed by atoms with van der Waals surface area (Å²) in [4.78, 5) is 25.6. The first kappa shape index (κ1) is 14.0. The van der Waals surface area contributed by atoms with E-state index in [0.717, 1.165) is 5.57 Å². The van der Waals surface area contributed by atoms with Crippen LogP contribution in [0.25, 0.3) is 0 Å². The Labute approximate surface area is 194 Å². The van der Waals surface area contributed by atoms with Crippen LogP contribution in [0.4, 0.5) is 0 Å². The van der Waals surface area contributed by atoms with Crippen molar-refractivity contribution in [2.75, 3.05) is 6.61 Å². The van der Waals surface area contributed by atoms with E-state index in [2.05, 4.69) is 0 Å². The van der Waals surface area contributed by atoms with Crippen molar-refractivity contribution < 1.29 is 40.2 Å². The number of hydrogen-bond acceptors (Lipinski definition) is 6. The summed E-state index contributed by atoms with van der Waals surface area (Å²) in [6, 6.07) is 0. The number of aliphatic hydroxyl groups is 2. The van der Waals surface area contributed by atoms with Gasteiger partial charge in [0, 0.05) is 26.3 Å². The van der Waals surface area contributed by atoms with E-state index >= 15 is 0 Å². The molecule has 0 aromatic carbocycles. The fourth-order valence-corrected chi connectivity index (χ4v) is 7.69. The van der Waals surface area contributed by atoms with Gasteiger partial charge in [-0.3, -0.25) is 9.59 Å². The van der Waals surface area contributed by atoms with Gasteiger partial charge in [-0.15, -0.1) is 0 Å².